The van der Waals surface area contributed by atoms with Crippen LogP contribution in [0.4, 0.5) is 0 Å². The van der Waals surface area contributed by atoms with E-state index in [1.54, 1.807) is 96.2 Å². The maximum absolute atomic E-state index is 13.0. The summed E-state index contributed by atoms with van der Waals surface area (Å²) < 4.78 is 212. The second kappa shape index (κ2) is 66.1. The Hall–Kier alpha value is -5.90. The number of rotatable bonds is 55. The zero-order valence-electron chi connectivity index (χ0n) is 85.2. The predicted molar refractivity (Wildman–Crippen MR) is 601 cm³/mol. The van der Waals surface area contributed by atoms with Gasteiger partial charge in [-0.25, -0.2) is 42.1 Å². The summed E-state index contributed by atoms with van der Waals surface area (Å²) in [6.07, 6.45) is 0. The van der Waals surface area contributed by atoms with Crippen LogP contribution in [0.5, 0.6) is 57.5 Å². The molecule has 0 aliphatic rings. The molecule has 10 aromatic carbocycles. The first kappa shape index (κ1) is 133. The van der Waals surface area contributed by atoms with Crippen LogP contribution in [0.1, 0.15) is 69.2 Å². The van der Waals surface area contributed by atoms with Gasteiger partial charge in [0.15, 0.2) is 28.7 Å². The first-order chi connectivity index (χ1) is 70.9. The van der Waals surface area contributed by atoms with Gasteiger partial charge in [0.2, 0.25) is 49.2 Å². The number of hydrogen-bond acceptors (Lipinski definition) is 25. The highest BCUT2D eigenvalue weighted by atomic mass is 35.5. The molecule has 0 saturated carbocycles. The molecule has 0 amide bonds. The Bertz CT molecular complexity index is 5450. The Morgan fingerprint density at radius 3 is 0.393 bits per heavy atom. The molecule has 0 radical (unpaired) electrons. The van der Waals surface area contributed by atoms with E-state index in [2.05, 4.69) is 0 Å². The lowest BCUT2D eigenvalue weighted by Gasteiger charge is -2.15. The number of sulfone groups is 5. The molecule has 2 unspecified atom stereocenters. The molecule has 0 spiro atoms. The Labute approximate surface area is 958 Å². The van der Waals surface area contributed by atoms with Crippen molar-refractivity contribution in [1.82, 2.24) is 0 Å². The summed E-state index contributed by atoms with van der Waals surface area (Å²) in [4.78, 5) is 0.458. The van der Waals surface area contributed by atoms with Crippen molar-refractivity contribution in [1.29, 1.82) is 0 Å². The normalized spacial score (nSPS) is 13.7. The molecule has 0 saturated heterocycles. The molecular formula is C105H125Cl15O25S5. The molecule has 10 atom stereocenters. The van der Waals surface area contributed by atoms with E-state index in [1.807, 2.05) is 69.2 Å². The highest BCUT2D eigenvalue weighted by molar-refractivity contribution is 7.92. The molecule has 150 heavy (non-hydrogen) atoms. The van der Waals surface area contributed by atoms with Gasteiger partial charge in [0.05, 0.1) is 198 Å². The molecule has 0 N–H and O–H groups in total. The monoisotopic (exact) mass is 2470 g/mol. The van der Waals surface area contributed by atoms with E-state index in [4.69, 9.17) is 245 Å². The molecule has 45 heteroatoms. The summed E-state index contributed by atoms with van der Waals surface area (Å²) in [6, 6.07) is 44.3. The van der Waals surface area contributed by atoms with Gasteiger partial charge in [-0.1, -0.05) is 185 Å². The van der Waals surface area contributed by atoms with E-state index in [1.165, 1.54) is 121 Å². The summed E-state index contributed by atoms with van der Waals surface area (Å²) >= 11 is 91.3. The van der Waals surface area contributed by atoms with Crippen molar-refractivity contribution >= 4 is 223 Å². The van der Waals surface area contributed by atoms with Crippen molar-refractivity contribution in [3.8, 4) is 57.5 Å². The van der Waals surface area contributed by atoms with Crippen LogP contribution in [0.3, 0.4) is 0 Å². The second-order valence-corrected chi connectivity index (χ2v) is 51.0. The lowest BCUT2D eigenvalue weighted by molar-refractivity contribution is 0.127. The Morgan fingerprint density at radius 2 is 0.287 bits per heavy atom. The Balaban J connectivity index is 0.000000286. The van der Waals surface area contributed by atoms with Gasteiger partial charge in [0, 0.05) is 124 Å². The van der Waals surface area contributed by atoms with Crippen molar-refractivity contribution in [2.75, 3.05) is 164 Å². The molecule has 10 rings (SSSR count). The fourth-order valence-electron chi connectivity index (χ4n) is 12.6. The maximum Gasteiger partial charge on any atom is 0.206 e. The van der Waals surface area contributed by atoms with Crippen LogP contribution >= 0.6 is 174 Å². The summed E-state index contributed by atoms with van der Waals surface area (Å²) in [5, 5.41) is 1.20. The van der Waals surface area contributed by atoms with E-state index in [-0.39, 0.29) is 187 Å². The van der Waals surface area contributed by atoms with Crippen LogP contribution in [0.15, 0.2) is 231 Å². The van der Waals surface area contributed by atoms with Gasteiger partial charge >= 0.3 is 0 Å². The molecule has 25 nitrogen and oxygen atoms in total. The number of alkyl halides is 5. The maximum atomic E-state index is 13.0. The Kier molecular flexibility index (Phi) is 58.5. The topological polar surface area (TPSA) is 309 Å². The van der Waals surface area contributed by atoms with Crippen molar-refractivity contribution in [3.63, 3.8) is 0 Å². The second-order valence-electron chi connectivity index (χ2n) is 35.7. The minimum Gasteiger partial charge on any atom is -0.493 e. The van der Waals surface area contributed by atoms with Gasteiger partial charge in [0.1, 0.15) is 28.7 Å². The first-order valence-corrected chi connectivity index (χ1v) is 60.5. The van der Waals surface area contributed by atoms with Crippen LogP contribution in [0.25, 0.3) is 0 Å². The van der Waals surface area contributed by atoms with Crippen LogP contribution in [0.2, 0.25) is 50.2 Å². The number of methoxy groups -OCH3 is 5. The van der Waals surface area contributed by atoms with E-state index in [0.717, 1.165) is 0 Å². The first-order valence-electron chi connectivity index (χ1n) is 46.7. The summed E-state index contributed by atoms with van der Waals surface area (Å²) in [5.41, 5.74) is 0. The molecule has 0 aromatic heterocycles. The third-order valence-corrected chi connectivity index (χ3v) is 35.1. The van der Waals surface area contributed by atoms with E-state index in [9.17, 15) is 42.1 Å². The average Bonchev–Trinajstić information content (AvgIpc) is 0.800. The van der Waals surface area contributed by atoms with Crippen LogP contribution < -0.4 is 47.4 Å². The lowest BCUT2D eigenvalue weighted by atomic mass is 10.2. The lowest BCUT2D eigenvalue weighted by Crippen LogP contribution is -2.13. The molecule has 0 bridgehead atoms. The van der Waals surface area contributed by atoms with Crippen molar-refractivity contribution < 1.29 is 113 Å². The van der Waals surface area contributed by atoms with Crippen molar-refractivity contribution in [2.24, 2.45) is 59.2 Å². The number of ether oxygens (including phenoxy) is 15. The van der Waals surface area contributed by atoms with E-state index >= 15 is 0 Å². The van der Waals surface area contributed by atoms with Gasteiger partial charge < -0.3 is 71.1 Å². The van der Waals surface area contributed by atoms with Crippen LogP contribution in [-0.4, -0.2) is 206 Å². The molecule has 0 fully saturated rings. The predicted octanol–water partition coefficient (Wildman–Crippen LogP) is 28.7. The summed E-state index contributed by atoms with van der Waals surface area (Å²) in [5.74, 6) is 7.76. The quantitative estimate of drug-likeness (QED) is 0.0320. The minimum atomic E-state index is -3.81. The molecular weight excluding hydrogens is 2350 g/mol. The molecule has 0 heterocycles. The van der Waals surface area contributed by atoms with Crippen molar-refractivity contribution in [2.45, 2.75) is 118 Å². The largest absolute Gasteiger partial charge is 0.493 e. The molecule has 0 aliphatic heterocycles. The van der Waals surface area contributed by atoms with Gasteiger partial charge in [-0.05, 0) is 182 Å². The fraction of sp³-hybridized carbons (Fsp3) is 0.429. The third-order valence-electron chi connectivity index (χ3n) is 20.9. The van der Waals surface area contributed by atoms with E-state index < -0.39 is 49.2 Å². The number of benzene rings is 10. The smallest absolute Gasteiger partial charge is 0.206 e. The zero-order chi connectivity index (χ0) is 112. The number of hydrogen-bond donors (Lipinski definition) is 0. The Morgan fingerprint density at radius 1 is 0.173 bits per heavy atom. The highest BCUT2D eigenvalue weighted by Crippen LogP contribution is 2.45. The fourth-order valence-corrected chi connectivity index (χ4v) is 23.2. The number of halogens is 15. The van der Waals surface area contributed by atoms with Crippen molar-refractivity contribution in [3.05, 3.63) is 232 Å². The third kappa shape index (κ3) is 42.1. The minimum absolute atomic E-state index is 0.0161. The average molecular weight is 2480 g/mol. The highest BCUT2D eigenvalue weighted by Gasteiger charge is 2.30. The van der Waals surface area contributed by atoms with Crippen LogP contribution in [-0.2, 0) is 72.9 Å². The molecule has 0 aliphatic carbocycles. The van der Waals surface area contributed by atoms with Gasteiger partial charge in [-0.3, -0.25) is 0 Å². The molecule has 10 aromatic rings. The summed E-state index contributed by atoms with van der Waals surface area (Å²) in [7, 11) is -10.9. The summed E-state index contributed by atoms with van der Waals surface area (Å²) in [6.45, 7) is 26.4. The van der Waals surface area contributed by atoms with Gasteiger partial charge in [0.25, 0.3) is 0 Å². The zero-order valence-corrected chi connectivity index (χ0v) is 101. The standard InChI is InChI=1S/5C21H25Cl3O5S/c5*1-14(10-22)12-29-21-19(23)8-18(9-20(21)24)30(25,26)17-6-4-16(5-7-17)28-13-15(2)11-27-3/h5*4-9,14-15H,10-13H2,1-3H3/t2*14-,15+;2*14-,15-;/m1010./s1. The SMILES string of the molecule is COCC(C)COc1ccc(S(=O)(=O)c2cc(Cl)c(OCC(C)CCl)c(Cl)c2)cc1.COC[C@@H](C)COc1ccc(S(=O)(=O)c2cc(Cl)c(OC[C@@H](C)CCl)c(Cl)c2)cc1.COC[C@@H](C)COc1ccc(S(=O)(=O)c2cc(Cl)c(OC[C@H](C)CCl)c(Cl)c2)cc1.COC[C@H](C)COc1ccc(S(=O)(=O)c2cc(Cl)c(OC[C@@H](C)CCl)c(Cl)c2)cc1.COC[C@H](C)COc1ccc(S(=O)(=O)c2cc(Cl)c(OC[C@H](C)CCl)c(Cl)c2)cc1. The van der Waals surface area contributed by atoms with Gasteiger partial charge in [-0.2, -0.15) is 0 Å². The molecule has 830 valence electrons. The van der Waals surface area contributed by atoms with E-state index in [0.29, 0.717) is 157 Å². The van der Waals surface area contributed by atoms with Crippen LogP contribution in [0, 0.1) is 59.2 Å². The van der Waals surface area contributed by atoms with Gasteiger partial charge in [-0.15, -0.1) is 58.0 Å².